The number of halogens is 2. The Morgan fingerprint density at radius 3 is 2.71 bits per heavy atom. The first-order valence-corrected chi connectivity index (χ1v) is 7.67. The lowest BCUT2D eigenvalue weighted by atomic mass is 10.2. The van der Waals surface area contributed by atoms with E-state index in [2.05, 4.69) is 25.9 Å². The molecule has 0 spiro atoms. The molecule has 21 heavy (non-hydrogen) atoms. The summed E-state index contributed by atoms with van der Waals surface area (Å²) in [5, 5.41) is 0.694. The average molecular weight is 363 g/mol. The van der Waals surface area contributed by atoms with Gasteiger partial charge in [0.1, 0.15) is 10.3 Å². The van der Waals surface area contributed by atoms with E-state index in [0.29, 0.717) is 5.02 Å². The number of hydrogen-bond donors (Lipinski definition) is 0. The van der Waals surface area contributed by atoms with Gasteiger partial charge in [0.2, 0.25) is 0 Å². The van der Waals surface area contributed by atoms with Crippen LogP contribution in [-0.2, 0) is 0 Å². The van der Waals surface area contributed by atoms with Gasteiger partial charge in [-0.05, 0) is 59.6 Å². The van der Waals surface area contributed by atoms with Crippen LogP contribution in [0.1, 0.15) is 11.3 Å². The van der Waals surface area contributed by atoms with Gasteiger partial charge in [-0.2, -0.15) is 0 Å². The van der Waals surface area contributed by atoms with E-state index in [1.54, 1.807) is 6.20 Å². The molecule has 0 aliphatic rings. The minimum atomic E-state index is 0.694. The second-order valence-electron chi connectivity index (χ2n) is 4.83. The van der Waals surface area contributed by atoms with Crippen molar-refractivity contribution in [3.63, 3.8) is 0 Å². The maximum atomic E-state index is 6.14. The van der Waals surface area contributed by atoms with Gasteiger partial charge in [-0.25, -0.2) is 9.97 Å². The minimum Gasteiger partial charge on any atom is -0.285 e. The number of benzene rings is 1. The predicted octanol–water partition coefficient (Wildman–Crippen LogP) is 4.97. The largest absolute Gasteiger partial charge is 0.285 e. The van der Waals surface area contributed by atoms with Crippen LogP contribution in [0.25, 0.3) is 17.2 Å². The van der Waals surface area contributed by atoms with Gasteiger partial charge in [-0.3, -0.25) is 4.57 Å². The summed E-state index contributed by atoms with van der Waals surface area (Å²) in [4.78, 5) is 9.04. The standard InChI is InChI=1S/C16H13BrClN3/c1-10-6-7-12(18)8-14(10)21-15(17)9-19-16(21)13-5-3-4-11(2)20-13/h3-9H,1-2H3. The molecule has 0 radical (unpaired) electrons. The molecular weight excluding hydrogens is 350 g/mol. The molecule has 0 aliphatic carbocycles. The number of hydrogen-bond acceptors (Lipinski definition) is 2. The van der Waals surface area contributed by atoms with Crippen molar-refractivity contribution in [2.24, 2.45) is 0 Å². The van der Waals surface area contributed by atoms with E-state index in [4.69, 9.17) is 11.6 Å². The Morgan fingerprint density at radius 1 is 1.14 bits per heavy atom. The smallest absolute Gasteiger partial charge is 0.164 e. The zero-order valence-corrected chi connectivity index (χ0v) is 14.0. The third-order valence-corrected chi connectivity index (χ3v) is 4.04. The number of pyridine rings is 1. The van der Waals surface area contributed by atoms with Gasteiger partial charge in [0.25, 0.3) is 0 Å². The fraction of sp³-hybridized carbons (Fsp3) is 0.125. The first kappa shape index (κ1) is 14.3. The molecule has 0 atom stereocenters. The van der Waals surface area contributed by atoms with E-state index < -0.39 is 0 Å². The van der Waals surface area contributed by atoms with E-state index in [1.165, 1.54) is 0 Å². The van der Waals surface area contributed by atoms with Crippen LogP contribution in [0.15, 0.2) is 47.2 Å². The van der Waals surface area contributed by atoms with Gasteiger partial charge in [0.15, 0.2) is 5.82 Å². The van der Waals surface area contributed by atoms with E-state index >= 15 is 0 Å². The van der Waals surface area contributed by atoms with Gasteiger partial charge < -0.3 is 0 Å². The van der Waals surface area contributed by atoms with Gasteiger partial charge in [0, 0.05) is 10.7 Å². The van der Waals surface area contributed by atoms with Crippen LogP contribution in [0, 0.1) is 13.8 Å². The number of imidazole rings is 1. The molecule has 3 aromatic rings. The lowest BCUT2D eigenvalue weighted by Crippen LogP contribution is -2.02. The summed E-state index contributed by atoms with van der Waals surface area (Å²) in [5.74, 6) is 0.788. The van der Waals surface area contributed by atoms with Gasteiger partial charge in [0.05, 0.1) is 11.9 Å². The Kier molecular flexibility index (Phi) is 3.83. The first-order chi connectivity index (χ1) is 10.1. The molecule has 0 bridgehead atoms. The highest BCUT2D eigenvalue weighted by molar-refractivity contribution is 9.10. The van der Waals surface area contributed by atoms with Crippen molar-refractivity contribution < 1.29 is 0 Å². The predicted molar refractivity (Wildman–Crippen MR) is 89.0 cm³/mol. The molecule has 0 aliphatic heterocycles. The van der Waals surface area contributed by atoms with Crippen LogP contribution in [0.5, 0.6) is 0 Å². The van der Waals surface area contributed by atoms with Gasteiger partial charge >= 0.3 is 0 Å². The van der Waals surface area contributed by atoms with E-state index in [0.717, 1.165) is 33.1 Å². The normalized spacial score (nSPS) is 10.9. The highest BCUT2D eigenvalue weighted by Gasteiger charge is 2.15. The third-order valence-electron chi connectivity index (χ3n) is 3.25. The monoisotopic (exact) mass is 361 g/mol. The van der Waals surface area contributed by atoms with Crippen LogP contribution in [0.4, 0.5) is 0 Å². The Labute approximate surface area is 136 Å². The molecule has 0 saturated carbocycles. The molecule has 0 unspecified atom stereocenters. The second kappa shape index (κ2) is 5.62. The van der Waals surface area contributed by atoms with Crippen LogP contribution in [0.3, 0.4) is 0 Å². The molecule has 0 fully saturated rings. The van der Waals surface area contributed by atoms with Crippen LogP contribution >= 0.6 is 27.5 Å². The lowest BCUT2D eigenvalue weighted by Gasteiger charge is -2.12. The van der Waals surface area contributed by atoms with Crippen molar-refractivity contribution in [2.75, 3.05) is 0 Å². The van der Waals surface area contributed by atoms with Crippen LogP contribution < -0.4 is 0 Å². The number of rotatable bonds is 2. The fourth-order valence-corrected chi connectivity index (χ4v) is 2.86. The highest BCUT2D eigenvalue weighted by Crippen LogP contribution is 2.29. The molecule has 0 amide bonds. The molecule has 0 N–H and O–H groups in total. The Hall–Kier alpha value is -1.65. The molecule has 5 heteroatoms. The van der Waals surface area contributed by atoms with Crippen LogP contribution in [0.2, 0.25) is 5.02 Å². The van der Waals surface area contributed by atoms with Crippen molar-refractivity contribution in [3.8, 4) is 17.2 Å². The highest BCUT2D eigenvalue weighted by atomic mass is 79.9. The number of aryl methyl sites for hydroxylation is 2. The first-order valence-electron chi connectivity index (χ1n) is 6.50. The second-order valence-corrected chi connectivity index (χ2v) is 6.08. The molecule has 106 valence electrons. The van der Waals surface area contributed by atoms with E-state index in [9.17, 15) is 0 Å². The SMILES string of the molecule is Cc1cccc(-c2ncc(Br)n2-c2cc(Cl)ccc2C)n1. The number of aromatic nitrogens is 3. The fourth-order valence-electron chi connectivity index (χ4n) is 2.23. The average Bonchev–Trinajstić information content (AvgIpc) is 2.83. The van der Waals surface area contributed by atoms with Gasteiger partial charge in [-0.15, -0.1) is 0 Å². The molecule has 3 rings (SSSR count). The zero-order chi connectivity index (χ0) is 15.0. The summed E-state index contributed by atoms with van der Waals surface area (Å²) >= 11 is 9.70. The van der Waals surface area contributed by atoms with Crippen molar-refractivity contribution in [1.82, 2.24) is 14.5 Å². The van der Waals surface area contributed by atoms with Crippen molar-refractivity contribution >= 4 is 27.5 Å². The molecule has 0 saturated heterocycles. The van der Waals surface area contributed by atoms with Crippen LogP contribution in [-0.4, -0.2) is 14.5 Å². The molecule has 3 nitrogen and oxygen atoms in total. The topological polar surface area (TPSA) is 30.7 Å². The molecule has 1 aromatic carbocycles. The summed E-state index contributed by atoms with van der Waals surface area (Å²) in [7, 11) is 0. The minimum absolute atomic E-state index is 0.694. The maximum absolute atomic E-state index is 6.14. The summed E-state index contributed by atoms with van der Waals surface area (Å²) in [6.07, 6.45) is 1.78. The summed E-state index contributed by atoms with van der Waals surface area (Å²) < 4.78 is 2.88. The summed E-state index contributed by atoms with van der Waals surface area (Å²) in [6.45, 7) is 4.02. The third kappa shape index (κ3) is 2.74. The summed E-state index contributed by atoms with van der Waals surface area (Å²) in [5.41, 5.74) is 3.90. The van der Waals surface area contributed by atoms with E-state index in [-0.39, 0.29) is 0 Å². The Balaban J connectivity index is 2.24. The van der Waals surface area contributed by atoms with Crippen molar-refractivity contribution in [3.05, 3.63) is 63.5 Å². The Bertz CT molecular complexity index is 811. The van der Waals surface area contributed by atoms with Gasteiger partial charge in [-0.1, -0.05) is 23.7 Å². The molecule has 2 aromatic heterocycles. The zero-order valence-electron chi connectivity index (χ0n) is 11.6. The molecular formula is C16H13BrClN3. The molecule has 2 heterocycles. The van der Waals surface area contributed by atoms with Crippen molar-refractivity contribution in [2.45, 2.75) is 13.8 Å². The maximum Gasteiger partial charge on any atom is 0.164 e. The van der Waals surface area contributed by atoms with E-state index in [1.807, 2.05) is 54.8 Å². The Morgan fingerprint density at radius 2 is 1.95 bits per heavy atom. The quantitative estimate of drug-likeness (QED) is 0.644. The lowest BCUT2D eigenvalue weighted by molar-refractivity contribution is 1.01. The number of nitrogens with zero attached hydrogens (tertiary/aromatic N) is 3. The van der Waals surface area contributed by atoms with Crippen molar-refractivity contribution in [1.29, 1.82) is 0 Å². The summed E-state index contributed by atoms with van der Waals surface area (Å²) in [6, 6.07) is 11.7.